The van der Waals surface area contributed by atoms with Crippen molar-refractivity contribution >= 4 is 29.0 Å². The Hall–Kier alpha value is -3.96. The molecular formula is C23H14ClF3N2O3. The molecule has 2 N–H and O–H groups in total. The number of ether oxygens (including phenoxy) is 1. The number of halogens is 4. The zero-order valence-corrected chi connectivity index (χ0v) is 16.9. The second-order valence-electron chi connectivity index (χ2n) is 6.45. The molecule has 1 amide bonds. The highest BCUT2D eigenvalue weighted by atomic mass is 35.5. The van der Waals surface area contributed by atoms with E-state index in [1.54, 1.807) is 30.3 Å². The van der Waals surface area contributed by atoms with Gasteiger partial charge in [-0.05, 0) is 72.8 Å². The number of amides is 1. The Bertz CT molecular complexity index is 1180. The van der Waals surface area contributed by atoms with Gasteiger partial charge < -0.3 is 15.2 Å². The van der Waals surface area contributed by atoms with Crippen LogP contribution >= 0.6 is 11.6 Å². The van der Waals surface area contributed by atoms with Crippen LogP contribution in [0.2, 0.25) is 5.02 Å². The van der Waals surface area contributed by atoms with Crippen molar-refractivity contribution in [3.63, 3.8) is 0 Å². The normalized spacial score (nSPS) is 11.8. The number of nitrogens with zero attached hydrogens (tertiary/aromatic N) is 1. The molecule has 0 fully saturated rings. The molecule has 0 aliphatic heterocycles. The molecule has 0 bridgehead atoms. The summed E-state index contributed by atoms with van der Waals surface area (Å²) < 4.78 is 43.6. The molecule has 32 heavy (non-hydrogen) atoms. The van der Waals surface area contributed by atoms with Crippen molar-refractivity contribution in [2.24, 2.45) is 0 Å². The van der Waals surface area contributed by atoms with Crippen LogP contribution in [-0.4, -0.2) is 11.0 Å². The lowest BCUT2D eigenvalue weighted by Gasteiger charge is -2.10. The topological polar surface area (TPSA) is 82.4 Å². The summed E-state index contributed by atoms with van der Waals surface area (Å²) in [5.74, 6) is -0.576. The van der Waals surface area contributed by atoms with Crippen molar-refractivity contribution in [1.82, 2.24) is 0 Å². The third-order valence-corrected chi connectivity index (χ3v) is 4.47. The number of aliphatic hydroxyl groups is 1. The maximum absolute atomic E-state index is 12.6. The Labute approximate surface area is 185 Å². The summed E-state index contributed by atoms with van der Waals surface area (Å²) >= 11 is 5.82. The van der Waals surface area contributed by atoms with E-state index in [-0.39, 0.29) is 11.3 Å². The fourth-order valence-electron chi connectivity index (χ4n) is 2.61. The number of carbonyl (C=O) groups is 1. The van der Waals surface area contributed by atoms with Gasteiger partial charge in [0.05, 0.1) is 5.56 Å². The number of benzene rings is 3. The maximum atomic E-state index is 12.6. The van der Waals surface area contributed by atoms with Crippen molar-refractivity contribution in [2.45, 2.75) is 6.18 Å². The van der Waals surface area contributed by atoms with E-state index in [0.29, 0.717) is 16.5 Å². The van der Waals surface area contributed by atoms with Crippen molar-refractivity contribution in [3.8, 4) is 17.6 Å². The Balaban J connectivity index is 1.75. The lowest BCUT2D eigenvalue weighted by molar-refractivity contribution is -0.137. The quantitative estimate of drug-likeness (QED) is 0.257. The van der Waals surface area contributed by atoms with Crippen LogP contribution in [0.3, 0.4) is 0 Å². The minimum atomic E-state index is -4.51. The van der Waals surface area contributed by atoms with Crippen LogP contribution < -0.4 is 10.1 Å². The summed E-state index contributed by atoms with van der Waals surface area (Å²) in [5.41, 5.74) is -1.27. The van der Waals surface area contributed by atoms with Gasteiger partial charge in [0.25, 0.3) is 5.91 Å². The first-order valence-electron chi connectivity index (χ1n) is 9.03. The summed E-state index contributed by atoms with van der Waals surface area (Å²) in [5, 5.41) is 22.5. The van der Waals surface area contributed by atoms with Gasteiger partial charge in [-0.1, -0.05) is 11.6 Å². The number of aliphatic hydroxyl groups excluding tert-OH is 1. The predicted octanol–water partition coefficient (Wildman–Crippen LogP) is 6.58. The zero-order valence-electron chi connectivity index (χ0n) is 16.2. The van der Waals surface area contributed by atoms with Crippen molar-refractivity contribution < 1.29 is 27.8 Å². The van der Waals surface area contributed by atoms with Crippen LogP contribution in [0.15, 0.2) is 78.4 Å². The summed E-state index contributed by atoms with van der Waals surface area (Å²) in [6.07, 6.45) is -4.51. The van der Waals surface area contributed by atoms with Gasteiger partial charge in [-0.3, -0.25) is 4.79 Å². The molecule has 0 unspecified atom stereocenters. The minimum absolute atomic E-state index is 0.0373. The van der Waals surface area contributed by atoms with Crippen LogP contribution in [0.1, 0.15) is 11.1 Å². The molecule has 0 aliphatic carbocycles. The van der Waals surface area contributed by atoms with E-state index in [4.69, 9.17) is 16.3 Å². The molecule has 0 saturated carbocycles. The average molecular weight is 459 g/mol. The molecule has 9 heteroatoms. The molecule has 3 rings (SSSR count). The van der Waals surface area contributed by atoms with Crippen LogP contribution in [0.5, 0.6) is 11.5 Å². The first-order chi connectivity index (χ1) is 15.2. The smallest absolute Gasteiger partial charge is 0.416 e. The van der Waals surface area contributed by atoms with Gasteiger partial charge in [0.2, 0.25) is 0 Å². The van der Waals surface area contributed by atoms with Crippen LogP contribution in [0, 0.1) is 11.3 Å². The molecule has 0 aromatic heterocycles. The van der Waals surface area contributed by atoms with Gasteiger partial charge in [0, 0.05) is 16.3 Å². The zero-order chi connectivity index (χ0) is 23.3. The van der Waals surface area contributed by atoms with Gasteiger partial charge in [-0.15, -0.1) is 0 Å². The molecule has 3 aromatic rings. The van der Waals surface area contributed by atoms with Gasteiger partial charge >= 0.3 is 6.18 Å². The van der Waals surface area contributed by atoms with Crippen LogP contribution in [-0.2, 0) is 11.0 Å². The van der Waals surface area contributed by atoms with Crippen molar-refractivity contribution in [1.29, 1.82) is 5.26 Å². The second-order valence-corrected chi connectivity index (χ2v) is 6.88. The highest BCUT2D eigenvalue weighted by Gasteiger charge is 2.30. The van der Waals surface area contributed by atoms with E-state index in [0.717, 1.165) is 24.3 Å². The SMILES string of the molecule is N#C/C(C(=O)Nc1ccc(C(F)(F)F)cc1)=C(/O)c1ccc(Oc2ccc(Cl)cc2)cc1. The standard InChI is InChI=1S/C23H14ClF3N2O3/c24-16-5-11-19(12-6-16)32-18-9-1-14(2-10-18)21(30)20(13-28)22(31)29-17-7-3-15(4-8-17)23(25,26)27/h1-12,30H,(H,29,31)/b21-20-. The minimum Gasteiger partial charge on any atom is -0.506 e. The summed E-state index contributed by atoms with van der Waals surface area (Å²) in [7, 11) is 0. The molecule has 3 aromatic carbocycles. The monoisotopic (exact) mass is 458 g/mol. The first kappa shape index (κ1) is 22.7. The van der Waals surface area contributed by atoms with E-state index in [1.807, 2.05) is 0 Å². The van der Waals surface area contributed by atoms with Crippen LogP contribution in [0.25, 0.3) is 5.76 Å². The number of rotatable bonds is 5. The van der Waals surface area contributed by atoms with E-state index < -0.39 is 29.0 Å². The Kier molecular flexibility index (Phi) is 6.71. The molecular weight excluding hydrogens is 445 g/mol. The van der Waals surface area contributed by atoms with Gasteiger partial charge in [0.15, 0.2) is 5.57 Å². The number of hydrogen-bond acceptors (Lipinski definition) is 4. The van der Waals surface area contributed by atoms with E-state index in [2.05, 4.69) is 5.32 Å². The van der Waals surface area contributed by atoms with Gasteiger partial charge in [0.1, 0.15) is 23.3 Å². The molecule has 0 atom stereocenters. The van der Waals surface area contributed by atoms with Gasteiger partial charge in [-0.25, -0.2) is 0 Å². The largest absolute Gasteiger partial charge is 0.506 e. The van der Waals surface area contributed by atoms with E-state index in [9.17, 15) is 28.3 Å². The maximum Gasteiger partial charge on any atom is 0.416 e. The number of carbonyl (C=O) groups excluding carboxylic acids is 1. The lowest BCUT2D eigenvalue weighted by atomic mass is 10.1. The molecule has 0 saturated heterocycles. The molecule has 5 nitrogen and oxygen atoms in total. The fourth-order valence-corrected chi connectivity index (χ4v) is 2.74. The van der Waals surface area contributed by atoms with Gasteiger partial charge in [-0.2, -0.15) is 18.4 Å². The summed E-state index contributed by atoms with van der Waals surface area (Å²) in [6.45, 7) is 0. The molecule has 0 aliphatic rings. The number of hydrogen-bond donors (Lipinski definition) is 2. The number of anilines is 1. The first-order valence-corrected chi connectivity index (χ1v) is 9.41. The predicted molar refractivity (Wildman–Crippen MR) is 113 cm³/mol. The lowest BCUT2D eigenvalue weighted by Crippen LogP contribution is -2.15. The Morgan fingerprint density at radius 3 is 1.97 bits per heavy atom. The van der Waals surface area contributed by atoms with Crippen molar-refractivity contribution in [3.05, 3.63) is 94.5 Å². The highest BCUT2D eigenvalue weighted by Crippen LogP contribution is 2.30. The average Bonchev–Trinajstić information content (AvgIpc) is 2.76. The Morgan fingerprint density at radius 2 is 1.47 bits per heavy atom. The highest BCUT2D eigenvalue weighted by molar-refractivity contribution is 6.30. The second kappa shape index (κ2) is 9.45. The van der Waals surface area contributed by atoms with E-state index >= 15 is 0 Å². The third-order valence-electron chi connectivity index (χ3n) is 4.22. The number of nitriles is 1. The molecule has 0 heterocycles. The fraction of sp³-hybridized carbons (Fsp3) is 0.0435. The number of nitrogens with one attached hydrogen (secondary N) is 1. The van der Waals surface area contributed by atoms with Crippen LogP contribution in [0.4, 0.5) is 18.9 Å². The third kappa shape index (κ3) is 5.59. The summed E-state index contributed by atoms with van der Waals surface area (Å²) in [4.78, 5) is 12.4. The molecule has 162 valence electrons. The summed E-state index contributed by atoms with van der Waals surface area (Å²) in [6, 6.07) is 17.9. The van der Waals surface area contributed by atoms with Crippen molar-refractivity contribution in [2.75, 3.05) is 5.32 Å². The molecule has 0 radical (unpaired) electrons. The van der Waals surface area contributed by atoms with E-state index in [1.165, 1.54) is 24.3 Å². The molecule has 0 spiro atoms. The Morgan fingerprint density at radius 1 is 0.938 bits per heavy atom. The number of alkyl halides is 3.